The molecule has 1 atom stereocenters. The van der Waals surface area contributed by atoms with Gasteiger partial charge in [0, 0.05) is 11.4 Å². The third-order valence-corrected chi connectivity index (χ3v) is 4.12. The van der Waals surface area contributed by atoms with Gasteiger partial charge in [0.15, 0.2) is 13.1 Å². The number of rotatable bonds is 8. The molecule has 144 valence electrons. The monoisotopic (exact) mass is 370 g/mol. The molecule has 0 fully saturated rings. The lowest BCUT2D eigenvalue weighted by molar-refractivity contribution is -0.862. The Bertz CT molecular complexity index is 768. The molecular formula is C21H28N3O3+. The van der Waals surface area contributed by atoms with Crippen molar-refractivity contribution in [3.8, 4) is 5.75 Å². The molecule has 2 aromatic rings. The molecular weight excluding hydrogens is 342 g/mol. The van der Waals surface area contributed by atoms with Crippen LogP contribution >= 0.6 is 0 Å². The Hall–Kier alpha value is -2.86. The number of carbonyl (C=O) groups is 2. The summed E-state index contributed by atoms with van der Waals surface area (Å²) in [6, 6.07) is 13.1. The van der Waals surface area contributed by atoms with Crippen LogP contribution in [-0.2, 0) is 9.59 Å². The maximum Gasteiger partial charge on any atom is 0.279 e. The molecule has 6 heteroatoms. The van der Waals surface area contributed by atoms with E-state index in [0.717, 1.165) is 27.5 Å². The minimum absolute atomic E-state index is 0.112. The number of carbonyl (C=O) groups excluding carboxylic acids is 2. The quantitative estimate of drug-likeness (QED) is 0.663. The highest BCUT2D eigenvalue weighted by atomic mass is 16.5. The van der Waals surface area contributed by atoms with Gasteiger partial charge in [-0.15, -0.1) is 0 Å². The Morgan fingerprint density at radius 3 is 2.04 bits per heavy atom. The fourth-order valence-electron chi connectivity index (χ4n) is 2.81. The van der Waals surface area contributed by atoms with Crippen molar-refractivity contribution in [3.63, 3.8) is 0 Å². The van der Waals surface area contributed by atoms with Gasteiger partial charge >= 0.3 is 0 Å². The van der Waals surface area contributed by atoms with Crippen molar-refractivity contribution in [2.45, 2.75) is 20.8 Å². The lowest BCUT2D eigenvalue weighted by Crippen LogP contribution is -3.11. The van der Waals surface area contributed by atoms with Gasteiger partial charge in [0.05, 0.1) is 13.7 Å². The van der Waals surface area contributed by atoms with E-state index in [1.807, 2.05) is 58.2 Å². The molecule has 0 spiro atoms. The van der Waals surface area contributed by atoms with Gasteiger partial charge in [0.25, 0.3) is 11.8 Å². The smallest absolute Gasteiger partial charge is 0.279 e. The zero-order valence-corrected chi connectivity index (χ0v) is 16.4. The lowest BCUT2D eigenvalue weighted by Gasteiger charge is -2.15. The highest BCUT2D eigenvalue weighted by Crippen LogP contribution is 2.19. The highest BCUT2D eigenvalue weighted by molar-refractivity contribution is 5.94. The van der Waals surface area contributed by atoms with Crippen LogP contribution in [0, 0.1) is 13.8 Å². The summed E-state index contributed by atoms with van der Waals surface area (Å²) in [7, 11) is 1.82. The number of likely N-dealkylation sites (N-methyl/N-ethyl adjacent to an activating group) is 1. The fraction of sp³-hybridized carbons (Fsp3) is 0.333. The van der Waals surface area contributed by atoms with Crippen molar-refractivity contribution < 1.29 is 19.2 Å². The van der Waals surface area contributed by atoms with Crippen LogP contribution in [0.1, 0.15) is 18.1 Å². The minimum Gasteiger partial charge on any atom is -0.494 e. The van der Waals surface area contributed by atoms with Crippen molar-refractivity contribution in [1.82, 2.24) is 0 Å². The van der Waals surface area contributed by atoms with E-state index in [2.05, 4.69) is 10.6 Å². The summed E-state index contributed by atoms with van der Waals surface area (Å²) in [5.74, 6) is 0.511. The number of hydrogen-bond acceptors (Lipinski definition) is 3. The van der Waals surface area contributed by atoms with E-state index in [9.17, 15) is 9.59 Å². The average Bonchev–Trinajstić information content (AvgIpc) is 2.60. The van der Waals surface area contributed by atoms with Crippen LogP contribution in [0.4, 0.5) is 11.4 Å². The number of benzene rings is 2. The summed E-state index contributed by atoms with van der Waals surface area (Å²) >= 11 is 0. The molecule has 2 amide bonds. The summed E-state index contributed by atoms with van der Waals surface area (Å²) in [6.07, 6.45) is 0. The largest absolute Gasteiger partial charge is 0.494 e. The van der Waals surface area contributed by atoms with Gasteiger partial charge in [-0.2, -0.15) is 0 Å². The van der Waals surface area contributed by atoms with E-state index >= 15 is 0 Å². The molecule has 27 heavy (non-hydrogen) atoms. The summed E-state index contributed by atoms with van der Waals surface area (Å²) in [5.41, 5.74) is 3.59. The van der Waals surface area contributed by atoms with Gasteiger partial charge in [0.1, 0.15) is 5.75 Å². The van der Waals surface area contributed by atoms with E-state index in [1.54, 1.807) is 12.1 Å². The maximum absolute atomic E-state index is 12.3. The summed E-state index contributed by atoms with van der Waals surface area (Å²) in [4.78, 5) is 25.3. The molecule has 2 rings (SSSR count). The molecule has 0 saturated heterocycles. The maximum atomic E-state index is 12.3. The van der Waals surface area contributed by atoms with Crippen molar-refractivity contribution >= 4 is 23.2 Å². The molecule has 0 heterocycles. The van der Waals surface area contributed by atoms with Crippen molar-refractivity contribution in [3.05, 3.63) is 53.6 Å². The Morgan fingerprint density at radius 2 is 1.48 bits per heavy atom. The Morgan fingerprint density at radius 1 is 0.926 bits per heavy atom. The van der Waals surface area contributed by atoms with Gasteiger partial charge in [-0.1, -0.05) is 18.2 Å². The Kier molecular flexibility index (Phi) is 7.37. The van der Waals surface area contributed by atoms with Crippen LogP contribution < -0.4 is 20.3 Å². The topological polar surface area (TPSA) is 71.9 Å². The van der Waals surface area contributed by atoms with E-state index in [-0.39, 0.29) is 24.9 Å². The molecule has 0 radical (unpaired) electrons. The van der Waals surface area contributed by atoms with Crippen molar-refractivity contribution in [1.29, 1.82) is 0 Å². The van der Waals surface area contributed by atoms with Gasteiger partial charge in [-0.05, 0) is 56.2 Å². The van der Waals surface area contributed by atoms with Crippen LogP contribution in [0.5, 0.6) is 5.75 Å². The van der Waals surface area contributed by atoms with Gasteiger partial charge < -0.3 is 20.3 Å². The van der Waals surface area contributed by atoms with Crippen LogP contribution in [0.2, 0.25) is 0 Å². The molecule has 0 aliphatic rings. The normalized spacial score (nSPS) is 11.6. The molecule has 0 aliphatic heterocycles. The lowest BCUT2D eigenvalue weighted by atomic mass is 10.1. The SMILES string of the molecule is CCOc1ccc(NC(=O)C[NH+](C)CC(=O)Nc2c(C)cccc2C)cc1. The number of quaternary nitrogens is 1. The van der Waals surface area contributed by atoms with Gasteiger partial charge in [-0.25, -0.2) is 0 Å². The fourth-order valence-corrected chi connectivity index (χ4v) is 2.81. The van der Waals surface area contributed by atoms with Crippen molar-refractivity contribution in [2.75, 3.05) is 37.4 Å². The number of hydrogen-bond donors (Lipinski definition) is 3. The first-order valence-corrected chi connectivity index (χ1v) is 9.09. The summed E-state index contributed by atoms with van der Waals surface area (Å²) in [5, 5.41) is 5.78. The molecule has 0 saturated carbocycles. The first kappa shape index (κ1) is 20.5. The third-order valence-electron chi connectivity index (χ3n) is 4.12. The van der Waals surface area contributed by atoms with E-state index in [0.29, 0.717) is 12.3 Å². The number of nitrogens with one attached hydrogen (secondary N) is 3. The van der Waals surface area contributed by atoms with Crippen LogP contribution in [-0.4, -0.2) is 38.6 Å². The first-order valence-electron chi connectivity index (χ1n) is 9.09. The minimum atomic E-state index is -0.142. The number of anilines is 2. The molecule has 2 aromatic carbocycles. The zero-order valence-electron chi connectivity index (χ0n) is 16.4. The second-order valence-corrected chi connectivity index (χ2v) is 6.63. The van der Waals surface area contributed by atoms with Gasteiger partial charge in [-0.3, -0.25) is 9.59 Å². The summed E-state index contributed by atoms with van der Waals surface area (Å²) in [6.45, 7) is 6.86. The second-order valence-electron chi connectivity index (χ2n) is 6.63. The number of para-hydroxylation sites is 1. The number of amides is 2. The average molecular weight is 370 g/mol. The Labute approximate surface area is 160 Å². The number of ether oxygens (including phenoxy) is 1. The predicted octanol–water partition coefficient (Wildman–Crippen LogP) is 1.79. The third kappa shape index (κ3) is 6.42. The van der Waals surface area contributed by atoms with E-state index in [1.165, 1.54) is 0 Å². The molecule has 1 unspecified atom stereocenters. The molecule has 3 N–H and O–H groups in total. The van der Waals surface area contributed by atoms with Crippen LogP contribution in [0.15, 0.2) is 42.5 Å². The summed E-state index contributed by atoms with van der Waals surface area (Å²) < 4.78 is 5.38. The molecule has 0 bridgehead atoms. The highest BCUT2D eigenvalue weighted by Gasteiger charge is 2.15. The van der Waals surface area contributed by atoms with Gasteiger partial charge in [0.2, 0.25) is 0 Å². The van der Waals surface area contributed by atoms with Crippen molar-refractivity contribution in [2.24, 2.45) is 0 Å². The predicted molar refractivity (Wildman–Crippen MR) is 107 cm³/mol. The standard InChI is InChI=1S/C21H27N3O3/c1-5-27-18-11-9-17(10-12-18)22-19(25)13-24(4)14-20(26)23-21-15(2)7-6-8-16(21)3/h6-12H,5,13-14H2,1-4H3,(H,22,25)(H,23,26)/p+1. The zero-order chi connectivity index (χ0) is 19.8. The first-order chi connectivity index (χ1) is 12.9. The van der Waals surface area contributed by atoms with Crippen LogP contribution in [0.25, 0.3) is 0 Å². The van der Waals surface area contributed by atoms with E-state index < -0.39 is 0 Å². The molecule has 0 aromatic heterocycles. The number of aryl methyl sites for hydroxylation is 2. The Balaban J connectivity index is 1.82. The molecule has 0 aliphatic carbocycles. The second kappa shape index (κ2) is 9.73. The van der Waals surface area contributed by atoms with E-state index in [4.69, 9.17) is 4.74 Å². The van der Waals surface area contributed by atoms with Crippen LogP contribution in [0.3, 0.4) is 0 Å². The molecule has 6 nitrogen and oxygen atoms in total.